The summed E-state index contributed by atoms with van der Waals surface area (Å²) >= 11 is 0. The summed E-state index contributed by atoms with van der Waals surface area (Å²) in [5, 5.41) is 3.56. The zero-order valence-corrected chi connectivity index (χ0v) is 13.5. The van der Waals surface area contributed by atoms with Crippen molar-refractivity contribution in [3.05, 3.63) is 0 Å². The second kappa shape index (κ2) is 9.73. The monoisotopic (exact) mass is 270 g/mol. The molecule has 0 aromatic carbocycles. The highest BCUT2D eigenvalue weighted by molar-refractivity contribution is 4.78. The van der Waals surface area contributed by atoms with Crippen LogP contribution in [0, 0.1) is 5.92 Å². The molecule has 0 amide bonds. The van der Waals surface area contributed by atoms with Gasteiger partial charge in [-0.2, -0.15) is 0 Å². The van der Waals surface area contributed by atoms with Gasteiger partial charge in [-0.25, -0.2) is 0 Å². The Balaban J connectivity index is 2.44. The van der Waals surface area contributed by atoms with E-state index in [-0.39, 0.29) is 0 Å². The number of hydrogen-bond acceptors (Lipinski definition) is 3. The van der Waals surface area contributed by atoms with Crippen molar-refractivity contribution in [2.24, 2.45) is 5.92 Å². The number of rotatable bonds is 8. The van der Waals surface area contributed by atoms with E-state index in [1.54, 1.807) is 0 Å². The average molecular weight is 270 g/mol. The Morgan fingerprint density at radius 3 is 2.68 bits per heavy atom. The van der Waals surface area contributed by atoms with Crippen molar-refractivity contribution in [3.63, 3.8) is 0 Å². The highest BCUT2D eigenvalue weighted by atomic mass is 16.5. The molecule has 0 bridgehead atoms. The van der Waals surface area contributed by atoms with Crippen molar-refractivity contribution in [2.45, 2.75) is 65.0 Å². The second-order valence-electron chi connectivity index (χ2n) is 6.29. The smallest absolute Gasteiger partial charge is 0.0630 e. The fourth-order valence-corrected chi connectivity index (χ4v) is 3.11. The highest BCUT2D eigenvalue weighted by Crippen LogP contribution is 2.22. The lowest BCUT2D eigenvalue weighted by molar-refractivity contribution is 0.0893. The van der Waals surface area contributed by atoms with Crippen molar-refractivity contribution in [3.8, 4) is 0 Å². The first-order chi connectivity index (χ1) is 9.17. The Kier molecular flexibility index (Phi) is 8.67. The Hall–Kier alpha value is -0.120. The Morgan fingerprint density at radius 2 is 2.05 bits per heavy atom. The first-order valence-electron chi connectivity index (χ1n) is 8.13. The normalized spacial score (nSPS) is 23.5. The number of likely N-dealkylation sites (tertiary alicyclic amines) is 1. The molecule has 0 saturated carbocycles. The number of nitrogens with one attached hydrogen (secondary N) is 1. The van der Waals surface area contributed by atoms with E-state index in [0.29, 0.717) is 12.1 Å². The lowest BCUT2D eigenvalue weighted by Crippen LogP contribution is -2.47. The van der Waals surface area contributed by atoms with Crippen LogP contribution in [0.15, 0.2) is 0 Å². The zero-order chi connectivity index (χ0) is 14.1. The van der Waals surface area contributed by atoms with Gasteiger partial charge in [0.25, 0.3) is 0 Å². The highest BCUT2D eigenvalue weighted by Gasteiger charge is 2.22. The predicted molar refractivity (Wildman–Crippen MR) is 82.6 cm³/mol. The van der Waals surface area contributed by atoms with E-state index in [4.69, 9.17) is 4.74 Å². The van der Waals surface area contributed by atoms with Gasteiger partial charge in [0.2, 0.25) is 0 Å². The van der Waals surface area contributed by atoms with E-state index in [1.807, 2.05) is 7.11 Å². The van der Waals surface area contributed by atoms with Gasteiger partial charge >= 0.3 is 0 Å². The van der Waals surface area contributed by atoms with E-state index in [2.05, 4.69) is 31.0 Å². The minimum atomic E-state index is 0.535. The van der Waals surface area contributed by atoms with E-state index >= 15 is 0 Å². The third-order valence-corrected chi connectivity index (χ3v) is 4.22. The Bertz CT molecular complexity index is 221. The summed E-state index contributed by atoms with van der Waals surface area (Å²) in [6.07, 6.45) is 6.89. The van der Waals surface area contributed by atoms with Gasteiger partial charge in [0.1, 0.15) is 0 Å². The third-order valence-electron chi connectivity index (χ3n) is 4.22. The van der Waals surface area contributed by atoms with Crippen LogP contribution in [0.1, 0.15) is 52.9 Å². The summed E-state index contributed by atoms with van der Waals surface area (Å²) in [6.45, 7) is 11.1. The number of methoxy groups -OCH3 is 1. The molecule has 19 heavy (non-hydrogen) atoms. The molecule has 3 nitrogen and oxygen atoms in total. The summed E-state index contributed by atoms with van der Waals surface area (Å²) in [5.41, 5.74) is 0. The molecule has 1 saturated heterocycles. The first kappa shape index (κ1) is 16.9. The largest absolute Gasteiger partial charge is 0.383 e. The molecule has 2 unspecified atom stereocenters. The zero-order valence-electron chi connectivity index (χ0n) is 13.5. The van der Waals surface area contributed by atoms with Crippen LogP contribution < -0.4 is 5.32 Å². The Morgan fingerprint density at radius 1 is 1.26 bits per heavy atom. The summed E-state index contributed by atoms with van der Waals surface area (Å²) in [7, 11) is 1.82. The van der Waals surface area contributed by atoms with Crippen LogP contribution in [0.3, 0.4) is 0 Å². The molecule has 1 fully saturated rings. The molecule has 3 heteroatoms. The number of nitrogens with zero attached hydrogens (tertiary/aromatic N) is 1. The molecule has 0 aromatic heterocycles. The van der Waals surface area contributed by atoms with Crippen LogP contribution in [0.2, 0.25) is 0 Å². The van der Waals surface area contributed by atoms with E-state index in [1.165, 1.54) is 45.2 Å². The van der Waals surface area contributed by atoms with Gasteiger partial charge in [0.05, 0.1) is 6.61 Å². The standard InChI is InChI=1S/C16H34N2O/c1-5-7-15-8-6-10-18(11-9-15)16(13-19-4)12-17-14(2)3/h14-17H,5-13H2,1-4H3. The van der Waals surface area contributed by atoms with E-state index in [9.17, 15) is 0 Å². The number of ether oxygens (including phenoxy) is 1. The van der Waals surface area contributed by atoms with Crippen LogP contribution in [-0.4, -0.2) is 50.3 Å². The fraction of sp³-hybridized carbons (Fsp3) is 1.00. The maximum absolute atomic E-state index is 5.42. The van der Waals surface area contributed by atoms with Crippen LogP contribution in [-0.2, 0) is 4.74 Å². The Labute approximate surface area is 120 Å². The lowest BCUT2D eigenvalue weighted by Gasteiger charge is -2.31. The summed E-state index contributed by atoms with van der Waals surface area (Å²) in [5.74, 6) is 0.955. The quantitative estimate of drug-likeness (QED) is 0.734. The predicted octanol–water partition coefficient (Wildman–Crippen LogP) is 2.90. The molecular formula is C16H34N2O. The van der Waals surface area contributed by atoms with Crippen molar-refractivity contribution in [2.75, 3.05) is 33.4 Å². The van der Waals surface area contributed by atoms with Crippen molar-refractivity contribution in [1.29, 1.82) is 0 Å². The van der Waals surface area contributed by atoms with E-state index in [0.717, 1.165) is 19.1 Å². The average Bonchev–Trinajstić information content (AvgIpc) is 2.60. The molecule has 114 valence electrons. The molecule has 0 aromatic rings. The summed E-state index contributed by atoms with van der Waals surface area (Å²) in [6, 6.07) is 1.09. The minimum absolute atomic E-state index is 0.535. The molecule has 1 heterocycles. The lowest BCUT2D eigenvalue weighted by atomic mass is 9.96. The molecule has 2 atom stereocenters. The van der Waals surface area contributed by atoms with Crippen molar-refractivity contribution in [1.82, 2.24) is 10.2 Å². The minimum Gasteiger partial charge on any atom is -0.383 e. The van der Waals surface area contributed by atoms with Crippen LogP contribution in [0.5, 0.6) is 0 Å². The van der Waals surface area contributed by atoms with E-state index < -0.39 is 0 Å². The molecule has 1 N–H and O–H groups in total. The molecule has 0 radical (unpaired) electrons. The molecule has 1 aliphatic heterocycles. The molecule has 1 rings (SSSR count). The van der Waals surface area contributed by atoms with Crippen LogP contribution >= 0.6 is 0 Å². The molecule has 0 spiro atoms. The molecule has 0 aliphatic carbocycles. The number of hydrogen-bond donors (Lipinski definition) is 1. The van der Waals surface area contributed by atoms with Gasteiger partial charge in [-0.05, 0) is 38.3 Å². The maximum atomic E-state index is 5.42. The maximum Gasteiger partial charge on any atom is 0.0630 e. The molecular weight excluding hydrogens is 236 g/mol. The third kappa shape index (κ3) is 6.73. The van der Waals surface area contributed by atoms with Crippen molar-refractivity contribution >= 4 is 0 Å². The topological polar surface area (TPSA) is 24.5 Å². The van der Waals surface area contributed by atoms with Gasteiger partial charge in [-0.15, -0.1) is 0 Å². The summed E-state index contributed by atoms with van der Waals surface area (Å²) in [4.78, 5) is 2.65. The van der Waals surface area contributed by atoms with Crippen LogP contribution in [0.4, 0.5) is 0 Å². The van der Waals surface area contributed by atoms with Gasteiger partial charge in [0, 0.05) is 25.7 Å². The summed E-state index contributed by atoms with van der Waals surface area (Å²) < 4.78 is 5.42. The van der Waals surface area contributed by atoms with Gasteiger partial charge in [0.15, 0.2) is 0 Å². The van der Waals surface area contributed by atoms with Crippen molar-refractivity contribution < 1.29 is 4.74 Å². The first-order valence-corrected chi connectivity index (χ1v) is 8.13. The fourth-order valence-electron chi connectivity index (χ4n) is 3.11. The second-order valence-corrected chi connectivity index (χ2v) is 6.29. The SMILES string of the molecule is CCCC1CCCN(C(CNC(C)C)COC)CC1. The van der Waals surface area contributed by atoms with Gasteiger partial charge in [-0.3, -0.25) is 4.90 Å². The van der Waals surface area contributed by atoms with Crippen LogP contribution in [0.25, 0.3) is 0 Å². The van der Waals surface area contributed by atoms with Gasteiger partial charge in [-0.1, -0.05) is 33.6 Å². The molecule has 1 aliphatic rings. The van der Waals surface area contributed by atoms with Gasteiger partial charge < -0.3 is 10.1 Å².